The maximum absolute atomic E-state index is 13.9. The maximum Gasteiger partial charge on any atom is 0.405 e. The monoisotopic (exact) mass is 754 g/mol. The molecular formula is C38H42ClF3N6O5. The summed E-state index contributed by atoms with van der Waals surface area (Å²) in [6, 6.07) is 18.2. The topological polar surface area (TPSA) is 132 Å². The second kappa shape index (κ2) is 17.1. The Hall–Kier alpha value is -4.47. The molecule has 0 spiro atoms. The number of nitrogens with one attached hydrogen (secondary N) is 2. The van der Waals surface area contributed by atoms with E-state index in [9.17, 15) is 33.0 Å². The van der Waals surface area contributed by atoms with Crippen LogP contribution in [0.4, 0.5) is 13.2 Å². The third kappa shape index (κ3) is 10.4. The number of nitrogens with zero attached hydrogens (tertiary/aromatic N) is 4. The van der Waals surface area contributed by atoms with Crippen LogP contribution >= 0.6 is 11.6 Å². The van der Waals surface area contributed by atoms with Crippen LogP contribution in [0.15, 0.2) is 91.5 Å². The average molecular weight is 755 g/mol. The van der Waals surface area contributed by atoms with E-state index in [0.717, 1.165) is 16.8 Å². The molecule has 4 N–H and O–H groups in total. The molecule has 0 unspecified atom stereocenters. The first-order valence-corrected chi connectivity index (χ1v) is 17.8. The normalized spacial score (nSPS) is 20.5. The lowest BCUT2D eigenvalue weighted by molar-refractivity contribution is -0.143. The Kier molecular flexibility index (Phi) is 12.4. The van der Waals surface area contributed by atoms with Gasteiger partial charge in [0.15, 0.2) is 0 Å². The predicted octanol–water partition coefficient (Wildman–Crippen LogP) is 3.91. The summed E-state index contributed by atoms with van der Waals surface area (Å²) in [5.41, 5.74) is 3.25. The van der Waals surface area contributed by atoms with Crippen LogP contribution in [0.5, 0.6) is 5.75 Å². The summed E-state index contributed by atoms with van der Waals surface area (Å²) in [7, 11) is 0. The molecule has 15 heteroatoms. The molecular weight excluding hydrogens is 713 g/mol. The van der Waals surface area contributed by atoms with Crippen molar-refractivity contribution in [2.24, 2.45) is 5.92 Å². The molecule has 1 fully saturated rings. The van der Waals surface area contributed by atoms with Gasteiger partial charge in [-0.15, -0.1) is 0 Å². The van der Waals surface area contributed by atoms with Gasteiger partial charge in [0, 0.05) is 79.7 Å². The Morgan fingerprint density at radius 3 is 2.58 bits per heavy atom. The first-order valence-electron chi connectivity index (χ1n) is 17.4. The zero-order valence-corrected chi connectivity index (χ0v) is 29.6. The minimum atomic E-state index is -4.59. The van der Waals surface area contributed by atoms with Gasteiger partial charge in [0.05, 0.1) is 12.1 Å². The number of alkyl halides is 3. The van der Waals surface area contributed by atoms with Gasteiger partial charge >= 0.3 is 6.18 Å². The van der Waals surface area contributed by atoms with Crippen LogP contribution in [0, 0.1) is 5.92 Å². The molecule has 2 aliphatic rings. The zero-order chi connectivity index (χ0) is 37.5. The standard InChI is InChI=1S/C38H42ClF3N6O5/c39-28-7-9-29(10-8-28)47-13-11-26(20-47)19-46-14-15-48(32(22-46)37(52)44-24-38(40,41)42)21-30(49)17-27(16-25-4-3-12-43-18-25)36(51)45-35-31-5-1-2-6-34(31)53-23-33(35)50/h1-13,18,20,27,30,32-33,35,49-50H,14-17,19,21-24H2,(H,44,52)(H,45,51)/t27-,30+,32+,33-,35+/m1/s1. The Morgan fingerprint density at radius 2 is 1.83 bits per heavy atom. The van der Waals surface area contributed by atoms with E-state index >= 15 is 0 Å². The molecule has 2 aromatic heterocycles. The number of pyridine rings is 1. The molecule has 4 aromatic rings. The highest BCUT2D eigenvalue weighted by Gasteiger charge is 2.37. The number of piperazine rings is 1. The highest BCUT2D eigenvalue weighted by atomic mass is 35.5. The second-order valence-corrected chi connectivity index (χ2v) is 14.0. The maximum atomic E-state index is 13.9. The first kappa shape index (κ1) is 38.3. The van der Waals surface area contributed by atoms with Crippen molar-refractivity contribution >= 4 is 23.4 Å². The lowest BCUT2D eigenvalue weighted by Crippen LogP contribution is -2.60. The van der Waals surface area contributed by atoms with Crippen molar-refractivity contribution in [2.75, 3.05) is 39.3 Å². The smallest absolute Gasteiger partial charge is 0.405 e. The van der Waals surface area contributed by atoms with Crippen LogP contribution in [0.2, 0.25) is 5.02 Å². The molecule has 0 aliphatic carbocycles. The molecule has 2 aliphatic heterocycles. The molecule has 0 radical (unpaired) electrons. The predicted molar refractivity (Wildman–Crippen MR) is 191 cm³/mol. The fraction of sp³-hybridized carbons (Fsp3) is 0.395. The van der Waals surface area contributed by atoms with Gasteiger partial charge < -0.3 is 30.2 Å². The summed E-state index contributed by atoms with van der Waals surface area (Å²) >= 11 is 6.03. The second-order valence-electron chi connectivity index (χ2n) is 13.5. The Balaban J connectivity index is 1.14. The van der Waals surface area contributed by atoms with Crippen LogP contribution in [0.3, 0.4) is 0 Å². The molecule has 11 nitrogen and oxygen atoms in total. The Labute approximate surface area is 310 Å². The van der Waals surface area contributed by atoms with Crippen LogP contribution in [-0.2, 0) is 22.6 Å². The molecule has 282 valence electrons. The number of benzene rings is 2. The molecule has 4 heterocycles. The number of carbonyl (C=O) groups is 2. The van der Waals surface area contributed by atoms with Gasteiger partial charge in [0.25, 0.3) is 0 Å². The van der Waals surface area contributed by atoms with Crippen LogP contribution in [0.25, 0.3) is 5.69 Å². The summed E-state index contributed by atoms with van der Waals surface area (Å²) in [6.07, 6.45) is 0.601. The number of ether oxygens (including phenoxy) is 1. The molecule has 0 saturated carbocycles. The van der Waals surface area contributed by atoms with Crippen molar-refractivity contribution in [3.8, 4) is 11.4 Å². The van der Waals surface area contributed by atoms with E-state index in [1.54, 1.807) is 59.8 Å². The quantitative estimate of drug-likeness (QED) is 0.162. The van der Waals surface area contributed by atoms with Gasteiger partial charge in [-0.25, -0.2) is 0 Å². The number of rotatable bonds is 13. The summed E-state index contributed by atoms with van der Waals surface area (Å²) in [5.74, 6) is -1.40. The summed E-state index contributed by atoms with van der Waals surface area (Å²) < 4.78 is 47.0. The third-order valence-corrected chi connectivity index (χ3v) is 9.80. The molecule has 53 heavy (non-hydrogen) atoms. The van der Waals surface area contributed by atoms with E-state index in [1.807, 2.05) is 51.4 Å². The fourth-order valence-electron chi connectivity index (χ4n) is 6.91. The van der Waals surface area contributed by atoms with Crippen molar-refractivity contribution in [2.45, 2.75) is 49.9 Å². The minimum Gasteiger partial charge on any atom is -0.490 e. The minimum absolute atomic E-state index is 0.00416. The number of hydrogen-bond acceptors (Lipinski definition) is 8. The molecule has 0 bridgehead atoms. The van der Waals surface area contributed by atoms with Gasteiger partial charge in [-0.05, 0) is 66.4 Å². The number of hydrogen-bond donors (Lipinski definition) is 4. The number of fused-ring (bicyclic) bond motifs is 1. The molecule has 2 amide bonds. The number of aliphatic hydroxyl groups excluding tert-OH is 2. The van der Waals surface area contributed by atoms with Crippen molar-refractivity contribution in [3.05, 3.63) is 113 Å². The Bertz CT molecular complexity index is 1830. The Morgan fingerprint density at radius 1 is 1.04 bits per heavy atom. The first-order chi connectivity index (χ1) is 25.4. The number of β-amino-alcohol motifs (C(OH)–C–C–N with tert-alkyl or cyclic N) is 1. The lowest BCUT2D eigenvalue weighted by Gasteiger charge is -2.41. The number of carbonyl (C=O) groups excluding carboxylic acids is 2. The van der Waals surface area contributed by atoms with E-state index in [4.69, 9.17) is 16.3 Å². The highest BCUT2D eigenvalue weighted by molar-refractivity contribution is 6.30. The van der Waals surface area contributed by atoms with Gasteiger partial charge in [0.2, 0.25) is 11.8 Å². The molecule has 6 rings (SSSR count). The number of halogens is 4. The van der Waals surface area contributed by atoms with Gasteiger partial charge in [-0.2, -0.15) is 13.2 Å². The van der Waals surface area contributed by atoms with E-state index < -0.39 is 54.7 Å². The van der Waals surface area contributed by atoms with E-state index in [0.29, 0.717) is 36.0 Å². The number of para-hydroxylation sites is 1. The molecule has 5 atom stereocenters. The summed E-state index contributed by atoms with van der Waals surface area (Å²) in [6.45, 7) is -0.165. The van der Waals surface area contributed by atoms with E-state index in [2.05, 4.69) is 10.3 Å². The van der Waals surface area contributed by atoms with Crippen LogP contribution < -0.4 is 15.4 Å². The van der Waals surface area contributed by atoms with E-state index in [-0.39, 0.29) is 32.5 Å². The number of aliphatic hydroxyl groups is 2. The summed E-state index contributed by atoms with van der Waals surface area (Å²) in [4.78, 5) is 35.0. The van der Waals surface area contributed by atoms with Gasteiger partial charge in [-0.3, -0.25) is 24.4 Å². The molecule has 2 aromatic carbocycles. The highest BCUT2D eigenvalue weighted by Crippen LogP contribution is 2.32. The van der Waals surface area contributed by atoms with Crippen molar-refractivity contribution < 1.29 is 37.7 Å². The fourth-order valence-corrected chi connectivity index (χ4v) is 7.04. The van der Waals surface area contributed by atoms with Crippen molar-refractivity contribution in [1.82, 2.24) is 30.0 Å². The van der Waals surface area contributed by atoms with Crippen molar-refractivity contribution in [1.29, 1.82) is 0 Å². The lowest BCUT2D eigenvalue weighted by atomic mass is 9.91. The van der Waals surface area contributed by atoms with Gasteiger partial charge in [-0.1, -0.05) is 35.9 Å². The van der Waals surface area contributed by atoms with Gasteiger partial charge in [0.1, 0.15) is 31.0 Å². The summed E-state index contributed by atoms with van der Waals surface area (Å²) in [5, 5.41) is 27.8. The van der Waals surface area contributed by atoms with Crippen LogP contribution in [0.1, 0.15) is 29.2 Å². The largest absolute Gasteiger partial charge is 0.490 e. The number of amides is 2. The van der Waals surface area contributed by atoms with Crippen molar-refractivity contribution in [3.63, 3.8) is 0 Å². The SMILES string of the molecule is O=C(N[C@H]1c2ccccc2OC[C@H]1O)[C@H](Cc1cccnc1)C[C@H](O)CN1CCN(Cc2ccn(-c3ccc(Cl)cc3)c2)C[C@H]1C(=O)NCC(F)(F)F. The average Bonchev–Trinajstić information content (AvgIpc) is 3.61. The number of aromatic nitrogens is 2. The zero-order valence-electron chi connectivity index (χ0n) is 28.8. The van der Waals surface area contributed by atoms with E-state index in [1.165, 1.54) is 0 Å². The molecule has 1 saturated heterocycles. The van der Waals surface area contributed by atoms with Crippen LogP contribution in [-0.4, -0.2) is 105 Å². The third-order valence-electron chi connectivity index (χ3n) is 9.55.